The lowest BCUT2D eigenvalue weighted by Crippen LogP contribution is -1.97. The van der Waals surface area contributed by atoms with E-state index >= 15 is 0 Å². The first-order chi connectivity index (χ1) is 8.25. The first-order valence-electron chi connectivity index (χ1n) is 5.19. The molecule has 0 bridgehead atoms. The maximum Gasteiger partial charge on any atom is 0.169 e. The van der Waals surface area contributed by atoms with E-state index in [2.05, 4.69) is 15.2 Å². The molecule has 3 rings (SSSR count). The molecule has 0 fully saturated rings. The fourth-order valence-corrected chi connectivity index (χ4v) is 2.05. The highest BCUT2D eigenvalue weighted by Gasteiger charge is 2.10. The van der Waals surface area contributed by atoms with Gasteiger partial charge in [-0.05, 0) is 6.92 Å². The molecular weight excluding hydrogens is 236 g/mol. The van der Waals surface area contributed by atoms with Gasteiger partial charge in [0.2, 0.25) is 0 Å². The van der Waals surface area contributed by atoms with E-state index in [0.29, 0.717) is 10.8 Å². The molecule has 0 radical (unpaired) electrons. The van der Waals surface area contributed by atoms with Crippen LogP contribution in [0.1, 0.15) is 5.82 Å². The fourth-order valence-electron chi connectivity index (χ4n) is 1.83. The zero-order valence-electron chi connectivity index (χ0n) is 9.13. The summed E-state index contributed by atoms with van der Waals surface area (Å²) in [6, 6.07) is 11.6. The quantitative estimate of drug-likeness (QED) is 0.618. The highest BCUT2D eigenvalue weighted by atomic mass is 35.5. The number of aryl methyl sites for hydroxylation is 1. The summed E-state index contributed by atoms with van der Waals surface area (Å²) in [6.07, 6.45) is 0. The molecule has 1 aromatic carbocycles. The van der Waals surface area contributed by atoms with Crippen LogP contribution in [0.5, 0.6) is 0 Å². The van der Waals surface area contributed by atoms with Crippen molar-refractivity contribution in [1.82, 2.24) is 19.6 Å². The highest BCUT2D eigenvalue weighted by Crippen LogP contribution is 2.20. The molecule has 2 aromatic heterocycles. The Morgan fingerprint density at radius 1 is 1.12 bits per heavy atom. The minimum Gasteiger partial charge on any atom is -0.263 e. The van der Waals surface area contributed by atoms with Gasteiger partial charge in [0.05, 0.1) is 0 Å². The molecular formula is C12H9ClN4. The van der Waals surface area contributed by atoms with Crippen LogP contribution in [0.2, 0.25) is 5.15 Å². The minimum atomic E-state index is 0.432. The van der Waals surface area contributed by atoms with Crippen molar-refractivity contribution in [3.05, 3.63) is 47.4 Å². The molecule has 3 aromatic rings. The third-order valence-corrected chi connectivity index (χ3v) is 2.75. The van der Waals surface area contributed by atoms with Gasteiger partial charge in [-0.15, -0.1) is 10.2 Å². The van der Waals surface area contributed by atoms with Crippen LogP contribution >= 0.6 is 11.6 Å². The minimum absolute atomic E-state index is 0.432. The van der Waals surface area contributed by atoms with Gasteiger partial charge in [0.1, 0.15) is 11.0 Å². The standard InChI is InChI=1S/C12H9ClN4/c1-8-14-10(13)7-11-15-16-12(17(8)11)9-5-3-2-4-6-9/h2-7H,1H3. The molecule has 0 atom stereocenters. The summed E-state index contributed by atoms with van der Waals surface area (Å²) in [5.74, 6) is 1.55. The first-order valence-corrected chi connectivity index (χ1v) is 5.57. The fraction of sp³-hybridized carbons (Fsp3) is 0.0833. The normalized spacial score (nSPS) is 10.9. The second-order valence-corrected chi connectivity index (χ2v) is 4.10. The van der Waals surface area contributed by atoms with Crippen LogP contribution in [0.4, 0.5) is 0 Å². The van der Waals surface area contributed by atoms with Crippen molar-refractivity contribution in [2.24, 2.45) is 0 Å². The van der Waals surface area contributed by atoms with Crippen molar-refractivity contribution in [2.45, 2.75) is 6.92 Å². The monoisotopic (exact) mass is 244 g/mol. The maximum absolute atomic E-state index is 5.89. The summed E-state index contributed by atoms with van der Waals surface area (Å²) in [7, 11) is 0. The largest absolute Gasteiger partial charge is 0.263 e. The number of fused-ring (bicyclic) bond motifs is 1. The topological polar surface area (TPSA) is 43.1 Å². The molecule has 0 saturated heterocycles. The van der Waals surface area contributed by atoms with Gasteiger partial charge in [-0.3, -0.25) is 4.40 Å². The van der Waals surface area contributed by atoms with E-state index in [1.807, 2.05) is 41.7 Å². The van der Waals surface area contributed by atoms with E-state index in [0.717, 1.165) is 17.2 Å². The Bertz CT molecular complexity index is 676. The van der Waals surface area contributed by atoms with Crippen LogP contribution in [0.3, 0.4) is 0 Å². The van der Waals surface area contributed by atoms with Crippen LogP contribution in [0.25, 0.3) is 17.0 Å². The van der Waals surface area contributed by atoms with E-state index < -0.39 is 0 Å². The van der Waals surface area contributed by atoms with Crippen molar-refractivity contribution in [3.8, 4) is 11.4 Å². The molecule has 4 nitrogen and oxygen atoms in total. The van der Waals surface area contributed by atoms with Crippen LogP contribution in [0.15, 0.2) is 36.4 Å². The van der Waals surface area contributed by atoms with Crippen LogP contribution < -0.4 is 0 Å². The Labute approximate surface area is 103 Å². The van der Waals surface area contributed by atoms with Crippen molar-refractivity contribution in [3.63, 3.8) is 0 Å². The molecule has 0 aliphatic carbocycles. The molecule has 5 heteroatoms. The van der Waals surface area contributed by atoms with Gasteiger partial charge in [-0.1, -0.05) is 41.9 Å². The summed E-state index contributed by atoms with van der Waals surface area (Å²) in [5.41, 5.74) is 1.72. The molecule has 2 heterocycles. The second kappa shape index (κ2) is 3.82. The molecule has 0 saturated carbocycles. The molecule has 84 valence electrons. The number of benzene rings is 1. The molecule has 0 unspecified atom stereocenters. The zero-order valence-corrected chi connectivity index (χ0v) is 9.89. The van der Waals surface area contributed by atoms with Gasteiger partial charge in [0.25, 0.3) is 0 Å². The van der Waals surface area contributed by atoms with Gasteiger partial charge in [0, 0.05) is 11.6 Å². The van der Waals surface area contributed by atoms with Gasteiger partial charge < -0.3 is 0 Å². The summed E-state index contributed by atoms with van der Waals surface area (Å²) in [4.78, 5) is 4.21. The van der Waals surface area contributed by atoms with Crippen molar-refractivity contribution in [1.29, 1.82) is 0 Å². The summed E-state index contributed by atoms with van der Waals surface area (Å²) >= 11 is 5.89. The molecule has 0 N–H and O–H groups in total. The van der Waals surface area contributed by atoms with Crippen LogP contribution in [-0.2, 0) is 0 Å². The Balaban J connectivity index is 2.32. The van der Waals surface area contributed by atoms with Gasteiger partial charge >= 0.3 is 0 Å². The maximum atomic E-state index is 5.89. The summed E-state index contributed by atoms with van der Waals surface area (Å²) in [6.45, 7) is 1.88. The Kier molecular flexibility index (Phi) is 2.30. The third kappa shape index (κ3) is 1.66. The second-order valence-electron chi connectivity index (χ2n) is 3.71. The van der Waals surface area contributed by atoms with Crippen molar-refractivity contribution >= 4 is 17.2 Å². The Morgan fingerprint density at radius 2 is 1.88 bits per heavy atom. The number of rotatable bonds is 1. The van der Waals surface area contributed by atoms with Gasteiger partial charge in [-0.25, -0.2) is 4.98 Å². The number of hydrogen-bond donors (Lipinski definition) is 0. The number of hydrogen-bond acceptors (Lipinski definition) is 3. The third-order valence-electron chi connectivity index (χ3n) is 2.56. The van der Waals surface area contributed by atoms with Crippen LogP contribution in [0, 0.1) is 6.92 Å². The van der Waals surface area contributed by atoms with Crippen molar-refractivity contribution in [2.75, 3.05) is 0 Å². The number of halogens is 1. The summed E-state index contributed by atoms with van der Waals surface area (Å²) in [5, 5.41) is 8.72. The molecule has 0 spiro atoms. The van der Waals surface area contributed by atoms with Gasteiger partial charge in [0.15, 0.2) is 11.5 Å². The molecule has 0 aliphatic rings. The molecule has 17 heavy (non-hydrogen) atoms. The van der Waals surface area contributed by atoms with E-state index in [-0.39, 0.29) is 0 Å². The first kappa shape index (κ1) is 10.2. The van der Waals surface area contributed by atoms with Crippen LogP contribution in [-0.4, -0.2) is 19.6 Å². The van der Waals surface area contributed by atoms with E-state index in [1.165, 1.54) is 0 Å². The predicted octanol–water partition coefficient (Wildman–Crippen LogP) is 2.75. The number of nitrogens with zero attached hydrogens (tertiary/aromatic N) is 4. The average Bonchev–Trinajstić information content (AvgIpc) is 2.74. The lowest BCUT2D eigenvalue weighted by Gasteiger charge is -2.03. The lowest BCUT2D eigenvalue weighted by atomic mass is 10.2. The zero-order chi connectivity index (χ0) is 11.8. The lowest BCUT2D eigenvalue weighted by molar-refractivity contribution is 0.988. The smallest absolute Gasteiger partial charge is 0.169 e. The Morgan fingerprint density at radius 3 is 2.65 bits per heavy atom. The highest BCUT2D eigenvalue weighted by molar-refractivity contribution is 6.29. The summed E-state index contributed by atoms with van der Waals surface area (Å²) < 4.78 is 1.89. The van der Waals surface area contributed by atoms with E-state index in [4.69, 9.17) is 11.6 Å². The molecule has 0 aliphatic heterocycles. The van der Waals surface area contributed by atoms with Crippen molar-refractivity contribution < 1.29 is 0 Å². The average molecular weight is 245 g/mol. The van der Waals surface area contributed by atoms with E-state index in [9.17, 15) is 0 Å². The van der Waals surface area contributed by atoms with E-state index in [1.54, 1.807) is 6.07 Å². The van der Waals surface area contributed by atoms with Gasteiger partial charge in [-0.2, -0.15) is 0 Å². The Hall–Kier alpha value is -1.94. The number of aromatic nitrogens is 4. The SMILES string of the molecule is Cc1nc(Cl)cc2nnc(-c3ccccc3)n12. The predicted molar refractivity (Wildman–Crippen MR) is 66.0 cm³/mol. The molecule has 0 amide bonds.